The van der Waals surface area contributed by atoms with Crippen molar-refractivity contribution in [3.8, 4) is 5.75 Å². The average molecular weight is 349 g/mol. The molecule has 2 rings (SSSR count). The predicted octanol–water partition coefficient (Wildman–Crippen LogP) is 0.672. The van der Waals surface area contributed by atoms with Crippen molar-refractivity contribution in [3.05, 3.63) is 47.5 Å². The zero-order valence-electron chi connectivity index (χ0n) is 11.9. The van der Waals surface area contributed by atoms with Gasteiger partial charge in [-0.05, 0) is 36.4 Å². The monoisotopic (exact) mass is 348 g/mol. The van der Waals surface area contributed by atoms with E-state index in [2.05, 4.69) is 10.2 Å². The molecule has 0 heterocycles. The summed E-state index contributed by atoms with van der Waals surface area (Å²) in [7, 11) is -2.93. The molecule has 0 saturated carbocycles. The summed E-state index contributed by atoms with van der Waals surface area (Å²) >= 11 is 6.01. The van der Waals surface area contributed by atoms with E-state index >= 15 is 0 Å². The summed E-state index contributed by atoms with van der Waals surface area (Å²) in [5.41, 5.74) is 0.840. The third-order valence-corrected chi connectivity index (χ3v) is 3.71. The van der Waals surface area contributed by atoms with Crippen molar-refractivity contribution in [1.82, 2.24) is 0 Å². The Morgan fingerprint density at radius 1 is 1.09 bits per heavy atom. The van der Waals surface area contributed by atoms with Gasteiger partial charge in [0.05, 0.1) is 22.7 Å². The molecule has 0 atom stereocenters. The van der Waals surface area contributed by atoms with Crippen LogP contribution in [0.1, 0.15) is 0 Å². The topological polar surface area (TPSA) is 91.2 Å². The number of hydrogen-bond acceptors (Lipinski definition) is 6. The minimum Gasteiger partial charge on any atom is -0.744 e. The standard InChI is InChI=1S/C13H11ClN2O4S.Na/c1-20-10-4-7-13(12(14)8-10)16-15-9-2-5-11(6-3-9)21(17,18)19;/h2-8H,1H3,(H,17,18,19);/q;+1/p-1. The van der Waals surface area contributed by atoms with Crippen molar-refractivity contribution in [2.24, 2.45) is 10.2 Å². The molecule has 0 aliphatic rings. The van der Waals surface area contributed by atoms with E-state index in [4.69, 9.17) is 16.3 Å². The zero-order valence-corrected chi connectivity index (χ0v) is 15.4. The van der Waals surface area contributed by atoms with E-state index in [1.54, 1.807) is 18.2 Å². The Morgan fingerprint density at radius 3 is 2.23 bits per heavy atom. The van der Waals surface area contributed by atoms with Gasteiger partial charge in [0.15, 0.2) is 0 Å². The average Bonchev–Trinajstić information content (AvgIpc) is 2.45. The minimum absolute atomic E-state index is 0. The number of azo groups is 1. The van der Waals surface area contributed by atoms with Crippen LogP contribution in [0.25, 0.3) is 0 Å². The van der Waals surface area contributed by atoms with Crippen molar-refractivity contribution in [3.63, 3.8) is 0 Å². The molecular formula is C13H10ClN2NaO4S. The molecule has 9 heteroatoms. The van der Waals surface area contributed by atoms with Gasteiger partial charge in [-0.15, -0.1) is 5.11 Å². The largest absolute Gasteiger partial charge is 1.00 e. The van der Waals surface area contributed by atoms with E-state index in [0.717, 1.165) is 0 Å². The van der Waals surface area contributed by atoms with E-state index in [0.29, 0.717) is 22.1 Å². The molecule has 0 aliphatic carbocycles. The summed E-state index contributed by atoms with van der Waals surface area (Å²) in [5.74, 6) is 0.601. The van der Waals surface area contributed by atoms with Crippen LogP contribution in [0.15, 0.2) is 57.6 Å². The fourth-order valence-electron chi connectivity index (χ4n) is 1.49. The third-order valence-electron chi connectivity index (χ3n) is 2.55. The van der Waals surface area contributed by atoms with Crippen LogP contribution in [0.4, 0.5) is 11.4 Å². The van der Waals surface area contributed by atoms with E-state index in [-0.39, 0.29) is 34.5 Å². The van der Waals surface area contributed by atoms with Crippen LogP contribution in [0.2, 0.25) is 5.02 Å². The zero-order chi connectivity index (χ0) is 15.5. The molecule has 2 aromatic carbocycles. The van der Waals surface area contributed by atoms with E-state index in [9.17, 15) is 13.0 Å². The summed E-state index contributed by atoms with van der Waals surface area (Å²) in [4.78, 5) is -0.316. The van der Waals surface area contributed by atoms with Crippen LogP contribution in [0.5, 0.6) is 5.75 Å². The SMILES string of the molecule is COc1ccc(N=Nc2ccc(S(=O)(=O)[O-])cc2)c(Cl)c1.[Na+]. The number of nitrogens with zero attached hydrogens (tertiary/aromatic N) is 2. The number of halogens is 1. The van der Waals surface area contributed by atoms with Crippen molar-refractivity contribution < 1.29 is 47.3 Å². The summed E-state index contributed by atoms with van der Waals surface area (Å²) in [6.07, 6.45) is 0. The van der Waals surface area contributed by atoms with E-state index in [1.807, 2.05) is 0 Å². The molecule has 0 amide bonds. The molecule has 2 aromatic rings. The summed E-state index contributed by atoms with van der Waals surface area (Å²) in [5, 5.41) is 8.24. The maximum Gasteiger partial charge on any atom is 1.00 e. The Balaban J connectivity index is 0.00000242. The molecule has 0 fully saturated rings. The van der Waals surface area contributed by atoms with Crippen LogP contribution in [0.3, 0.4) is 0 Å². The Labute approximate surface area is 155 Å². The van der Waals surface area contributed by atoms with Gasteiger partial charge in [-0.1, -0.05) is 11.6 Å². The van der Waals surface area contributed by atoms with Gasteiger partial charge in [0, 0.05) is 6.07 Å². The fraction of sp³-hybridized carbons (Fsp3) is 0.0769. The Kier molecular flexibility index (Phi) is 6.98. The number of methoxy groups -OCH3 is 1. The first-order chi connectivity index (χ1) is 9.90. The van der Waals surface area contributed by atoms with Crippen LogP contribution in [-0.4, -0.2) is 20.1 Å². The van der Waals surface area contributed by atoms with Gasteiger partial charge in [-0.2, -0.15) is 5.11 Å². The van der Waals surface area contributed by atoms with Gasteiger partial charge >= 0.3 is 29.6 Å². The molecule has 0 spiro atoms. The molecule has 110 valence electrons. The maximum atomic E-state index is 10.8. The van der Waals surface area contributed by atoms with Gasteiger partial charge in [0.2, 0.25) is 0 Å². The third kappa shape index (κ3) is 5.05. The molecule has 0 radical (unpaired) electrons. The number of hydrogen-bond donors (Lipinski definition) is 0. The second kappa shape index (κ2) is 8.05. The molecule has 0 N–H and O–H groups in total. The Morgan fingerprint density at radius 2 is 1.73 bits per heavy atom. The molecule has 0 bridgehead atoms. The number of benzene rings is 2. The van der Waals surface area contributed by atoms with Crippen molar-refractivity contribution in [2.75, 3.05) is 7.11 Å². The van der Waals surface area contributed by atoms with Crippen LogP contribution in [-0.2, 0) is 10.1 Å². The molecule has 0 aromatic heterocycles. The maximum absolute atomic E-state index is 10.8. The van der Waals surface area contributed by atoms with Gasteiger partial charge in [-0.3, -0.25) is 0 Å². The van der Waals surface area contributed by atoms with Crippen molar-refractivity contribution in [1.29, 1.82) is 0 Å². The van der Waals surface area contributed by atoms with Gasteiger partial charge in [0.25, 0.3) is 0 Å². The summed E-state index contributed by atoms with van der Waals surface area (Å²) < 4.78 is 37.4. The first-order valence-electron chi connectivity index (χ1n) is 5.71. The number of rotatable bonds is 4. The molecule has 0 aliphatic heterocycles. The minimum atomic E-state index is -4.46. The van der Waals surface area contributed by atoms with Crippen LogP contribution in [0, 0.1) is 0 Å². The predicted molar refractivity (Wildman–Crippen MR) is 76.6 cm³/mol. The van der Waals surface area contributed by atoms with Crippen LogP contribution >= 0.6 is 11.6 Å². The molecule has 6 nitrogen and oxygen atoms in total. The molecular weight excluding hydrogens is 339 g/mol. The second-order valence-corrected chi connectivity index (χ2v) is 5.75. The Bertz CT molecular complexity index is 779. The van der Waals surface area contributed by atoms with Crippen molar-refractivity contribution >= 4 is 33.1 Å². The summed E-state index contributed by atoms with van der Waals surface area (Å²) in [6.45, 7) is 0. The smallest absolute Gasteiger partial charge is 0.744 e. The molecule has 0 saturated heterocycles. The number of ether oxygens (including phenoxy) is 1. The first-order valence-corrected chi connectivity index (χ1v) is 7.50. The molecule has 22 heavy (non-hydrogen) atoms. The fourth-order valence-corrected chi connectivity index (χ4v) is 2.16. The quantitative estimate of drug-likeness (QED) is 0.461. The van der Waals surface area contributed by atoms with Gasteiger partial charge < -0.3 is 9.29 Å². The Hall–Kier alpha value is -0.960. The van der Waals surface area contributed by atoms with E-state index < -0.39 is 10.1 Å². The van der Waals surface area contributed by atoms with Gasteiger partial charge in [0.1, 0.15) is 21.6 Å². The van der Waals surface area contributed by atoms with Crippen LogP contribution < -0.4 is 34.3 Å². The van der Waals surface area contributed by atoms with E-state index in [1.165, 1.54) is 31.4 Å². The molecule has 0 unspecified atom stereocenters. The van der Waals surface area contributed by atoms with Gasteiger partial charge in [-0.25, -0.2) is 8.42 Å². The second-order valence-electron chi connectivity index (χ2n) is 3.97. The van der Waals surface area contributed by atoms with Crippen molar-refractivity contribution in [2.45, 2.75) is 4.90 Å². The first kappa shape index (κ1) is 19.1. The normalized spacial score (nSPS) is 11.2. The summed E-state index contributed by atoms with van der Waals surface area (Å²) in [6, 6.07) is 10.0.